The molecule has 96 valence electrons. The van der Waals surface area contributed by atoms with Gasteiger partial charge >= 0.3 is 0 Å². The molecule has 0 aliphatic carbocycles. The zero-order valence-corrected chi connectivity index (χ0v) is 11.7. The lowest BCUT2D eigenvalue weighted by molar-refractivity contribution is 0.651. The number of benzene rings is 1. The molecule has 1 aromatic heterocycles. The fourth-order valence-corrected chi connectivity index (χ4v) is 2.31. The van der Waals surface area contributed by atoms with Crippen LogP contribution < -0.4 is 5.32 Å². The van der Waals surface area contributed by atoms with Crippen molar-refractivity contribution < 1.29 is 0 Å². The molecule has 1 heterocycles. The summed E-state index contributed by atoms with van der Waals surface area (Å²) in [5, 5.41) is 4.52. The van der Waals surface area contributed by atoms with Crippen LogP contribution in [-0.4, -0.2) is 9.55 Å². The second-order valence-electron chi connectivity index (χ2n) is 4.03. The fourth-order valence-electron chi connectivity index (χ4n) is 1.78. The van der Waals surface area contributed by atoms with Gasteiger partial charge in [0.05, 0.1) is 34.3 Å². The number of hydrogen-bond acceptors (Lipinski definition) is 2. The lowest BCUT2D eigenvalue weighted by Gasteiger charge is -2.11. The van der Waals surface area contributed by atoms with Crippen molar-refractivity contribution in [2.45, 2.75) is 26.4 Å². The van der Waals surface area contributed by atoms with E-state index in [-0.39, 0.29) is 0 Å². The fraction of sp³-hybridized carbons (Fsp3) is 0.308. The molecule has 1 N–H and O–H groups in total. The molecule has 0 unspecified atom stereocenters. The Morgan fingerprint density at radius 2 is 2.00 bits per heavy atom. The van der Waals surface area contributed by atoms with Crippen molar-refractivity contribution in [3.8, 4) is 0 Å². The number of aryl methyl sites for hydroxylation is 1. The number of nitrogens with one attached hydrogen (secondary N) is 1. The highest BCUT2D eigenvalue weighted by Crippen LogP contribution is 2.30. The first kappa shape index (κ1) is 13.2. The molecule has 0 saturated heterocycles. The van der Waals surface area contributed by atoms with Gasteiger partial charge in [0.1, 0.15) is 0 Å². The maximum absolute atomic E-state index is 6.10. The van der Waals surface area contributed by atoms with Crippen molar-refractivity contribution in [3.05, 3.63) is 46.5 Å². The molecular formula is C13H15Cl2N3. The van der Waals surface area contributed by atoms with Crippen LogP contribution in [0.4, 0.5) is 5.69 Å². The van der Waals surface area contributed by atoms with E-state index in [0.29, 0.717) is 16.6 Å². The van der Waals surface area contributed by atoms with E-state index in [1.165, 1.54) is 0 Å². The topological polar surface area (TPSA) is 29.9 Å². The van der Waals surface area contributed by atoms with Gasteiger partial charge in [-0.25, -0.2) is 4.98 Å². The number of para-hydroxylation sites is 1. The highest BCUT2D eigenvalue weighted by molar-refractivity contribution is 6.39. The van der Waals surface area contributed by atoms with Crippen LogP contribution in [-0.2, 0) is 13.1 Å². The van der Waals surface area contributed by atoms with Crippen molar-refractivity contribution in [2.24, 2.45) is 0 Å². The zero-order chi connectivity index (χ0) is 13.0. The second kappa shape index (κ2) is 6.12. The molecule has 0 aliphatic rings. The molecule has 0 spiro atoms. The molecule has 0 aliphatic heterocycles. The van der Waals surface area contributed by atoms with E-state index in [4.69, 9.17) is 23.2 Å². The Hall–Kier alpha value is -1.19. The van der Waals surface area contributed by atoms with Gasteiger partial charge in [0, 0.05) is 12.7 Å². The van der Waals surface area contributed by atoms with E-state index < -0.39 is 0 Å². The van der Waals surface area contributed by atoms with Crippen molar-refractivity contribution in [1.82, 2.24) is 9.55 Å². The van der Waals surface area contributed by atoms with E-state index in [9.17, 15) is 0 Å². The predicted octanol–water partition coefficient (Wildman–Crippen LogP) is 4.21. The molecule has 2 aromatic rings. The predicted molar refractivity (Wildman–Crippen MR) is 76.3 cm³/mol. The minimum atomic E-state index is 0.629. The largest absolute Gasteiger partial charge is 0.377 e. The van der Waals surface area contributed by atoms with E-state index in [2.05, 4.69) is 21.8 Å². The van der Waals surface area contributed by atoms with Crippen LogP contribution in [0.15, 0.2) is 30.7 Å². The van der Waals surface area contributed by atoms with Crippen LogP contribution in [0.25, 0.3) is 0 Å². The van der Waals surface area contributed by atoms with Crippen LogP contribution in [0.5, 0.6) is 0 Å². The lowest BCUT2D eigenvalue weighted by Crippen LogP contribution is -2.07. The van der Waals surface area contributed by atoms with Gasteiger partial charge in [0.25, 0.3) is 0 Å². The molecular weight excluding hydrogens is 269 g/mol. The normalized spacial score (nSPS) is 10.6. The SMILES string of the molecule is CCCn1cncc1CNc1c(Cl)cccc1Cl. The monoisotopic (exact) mass is 283 g/mol. The summed E-state index contributed by atoms with van der Waals surface area (Å²) in [4.78, 5) is 4.15. The molecule has 18 heavy (non-hydrogen) atoms. The highest BCUT2D eigenvalue weighted by atomic mass is 35.5. The molecule has 5 heteroatoms. The minimum absolute atomic E-state index is 0.629. The number of hydrogen-bond donors (Lipinski definition) is 1. The Morgan fingerprint density at radius 3 is 2.67 bits per heavy atom. The van der Waals surface area contributed by atoms with Crippen molar-refractivity contribution in [2.75, 3.05) is 5.32 Å². The number of nitrogens with zero attached hydrogens (tertiary/aromatic N) is 2. The van der Waals surface area contributed by atoms with Gasteiger partial charge in [-0.2, -0.15) is 0 Å². The number of aromatic nitrogens is 2. The highest BCUT2D eigenvalue weighted by Gasteiger charge is 2.06. The van der Waals surface area contributed by atoms with Gasteiger partial charge < -0.3 is 9.88 Å². The third kappa shape index (κ3) is 2.98. The summed E-state index contributed by atoms with van der Waals surface area (Å²) in [6, 6.07) is 5.47. The summed E-state index contributed by atoms with van der Waals surface area (Å²) in [6.07, 6.45) is 4.78. The van der Waals surface area contributed by atoms with Crippen LogP contribution in [0, 0.1) is 0 Å². The second-order valence-corrected chi connectivity index (χ2v) is 4.84. The van der Waals surface area contributed by atoms with Crippen LogP contribution >= 0.6 is 23.2 Å². The van der Waals surface area contributed by atoms with Crippen molar-refractivity contribution >= 4 is 28.9 Å². The average molecular weight is 284 g/mol. The lowest BCUT2D eigenvalue weighted by atomic mass is 10.3. The Kier molecular flexibility index (Phi) is 4.50. The molecule has 0 fully saturated rings. The summed E-state index contributed by atoms with van der Waals surface area (Å²) in [5.41, 5.74) is 1.89. The van der Waals surface area contributed by atoms with E-state index in [1.807, 2.05) is 30.7 Å². The molecule has 2 rings (SSSR count). The number of imidazole rings is 1. The van der Waals surface area contributed by atoms with Crippen molar-refractivity contribution in [3.63, 3.8) is 0 Å². The van der Waals surface area contributed by atoms with Crippen LogP contribution in [0.3, 0.4) is 0 Å². The maximum Gasteiger partial charge on any atom is 0.0948 e. The number of halogens is 2. The van der Waals surface area contributed by atoms with Gasteiger partial charge in [-0.05, 0) is 18.6 Å². The molecule has 0 radical (unpaired) electrons. The average Bonchev–Trinajstić information content (AvgIpc) is 2.77. The smallest absolute Gasteiger partial charge is 0.0948 e. The van der Waals surface area contributed by atoms with E-state index >= 15 is 0 Å². The van der Waals surface area contributed by atoms with Crippen molar-refractivity contribution in [1.29, 1.82) is 0 Å². The number of rotatable bonds is 5. The molecule has 3 nitrogen and oxygen atoms in total. The first-order valence-electron chi connectivity index (χ1n) is 5.89. The molecule has 0 saturated carbocycles. The van der Waals surface area contributed by atoms with E-state index in [1.54, 1.807) is 0 Å². The Bertz CT molecular complexity index is 502. The minimum Gasteiger partial charge on any atom is -0.377 e. The molecule has 0 bridgehead atoms. The number of anilines is 1. The molecule has 0 atom stereocenters. The van der Waals surface area contributed by atoms with Gasteiger partial charge in [-0.1, -0.05) is 36.2 Å². The summed E-state index contributed by atoms with van der Waals surface area (Å²) < 4.78 is 2.12. The Balaban J connectivity index is 2.09. The standard InChI is InChI=1S/C13H15Cl2N3/c1-2-6-18-9-16-7-10(18)8-17-13-11(14)4-3-5-12(13)15/h3-5,7,9,17H,2,6,8H2,1H3. The van der Waals surface area contributed by atoms with Gasteiger partial charge in [0.15, 0.2) is 0 Å². The third-order valence-corrected chi connectivity index (χ3v) is 3.30. The molecule has 0 amide bonds. The first-order valence-corrected chi connectivity index (χ1v) is 6.65. The third-order valence-electron chi connectivity index (χ3n) is 2.67. The van der Waals surface area contributed by atoms with Gasteiger partial charge in [-0.3, -0.25) is 0 Å². The van der Waals surface area contributed by atoms with Gasteiger partial charge in [0.2, 0.25) is 0 Å². The zero-order valence-electron chi connectivity index (χ0n) is 10.2. The van der Waals surface area contributed by atoms with Gasteiger partial charge in [-0.15, -0.1) is 0 Å². The quantitative estimate of drug-likeness (QED) is 0.891. The summed E-state index contributed by atoms with van der Waals surface area (Å²) in [5.74, 6) is 0. The summed E-state index contributed by atoms with van der Waals surface area (Å²) >= 11 is 12.2. The van der Waals surface area contributed by atoms with E-state index in [0.717, 1.165) is 24.3 Å². The molecule has 1 aromatic carbocycles. The Morgan fingerprint density at radius 1 is 1.28 bits per heavy atom. The first-order chi connectivity index (χ1) is 8.72. The van der Waals surface area contributed by atoms with Crippen LogP contribution in [0.1, 0.15) is 19.0 Å². The summed E-state index contributed by atoms with van der Waals surface area (Å²) in [7, 11) is 0. The maximum atomic E-state index is 6.10. The summed E-state index contributed by atoms with van der Waals surface area (Å²) in [6.45, 7) is 3.76. The Labute approximate surface area is 117 Å². The van der Waals surface area contributed by atoms with Crippen LogP contribution in [0.2, 0.25) is 10.0 Å².